The van der Waals surface area contributed by atoms with Crippen LogP contribution in [0.3, 0.4) is 0 Å². The van der Waals surface area contributed by atoms with Crippen molar-refractivity contribution in [2.75, 3.05) is 19.7 Å². The third kappa shape index (κ3) is 3.16. The van der Waals surface area contributed by atoms with Gasteiger partial charge in [0.1, 0.15) is 5.60 Å². The zero-order chi connectivity index (χ0) is 16.8. The summed E-state index contributed by atoms with van der Waals surface area (Å²) in [4.78, 5) is 23.8. The van der Waals surface area contributed by atoms with Gasteiger partial charge in [0.2, 0.25) is 0 Å². The molecule has 2 atom stereocenters. The van der Waals surface area contributed by atoms with E-state index < -0.39 is 41.6 Å². The lowest BCUT2D eigenvalue weighted by Gasteiger charge is -2.44. The van der Waals surface area contributed by atoms with Crippen LogP contribution in [0.25, 0.3) is 0 Å². The second-order valence-corrected chi connectivity index (χ2v) is 6.98. The monoisotopic (exact) mass is 321 g/mol. The van der Waals surface area contributed by atoms with E-state index in [0.29, 0.717) is 0 Å². The van der Waals surface area contributed by atoms with E-state index in [-0.39, 0.29) is 26.0 Å². The highest BCUT2D eigenvalue weighted by molar-refractivity contribution is 5.73. The van der Waals surface area contributed by atoms with Gasteiger partial charge in [0.25, 0.3) is 5.92 Å². The van der Waals surface area contributed by atoms with Crippen LogP contribution in [0.4, 0.5) is 13.6 Å². The molecule has 0 saturated carbocycles. The molecule has 0 aromatic heterocycles. The number of ether oxygens (including phenoxy) is 2. The number of hydrogen-bond acceptors (Lipinski definition) is 4. The Morgan fingerprint density at radius 2 is 2.00 bits per heavy atom. The van der Waals surface area contributed by atoms with Crippen LogP contribution in [-0.2, 0) is 14.3 Å². The third-order valence-corrected chi connectivity index (χ3v) is 4.09. The Morgan fingerprint density at radius 3 is 2.45 bits per heavy atom. The van der Waals surface area contributed by atoms with Gasteiger partial charge in [0.15, 0.2) is 6.10 Å². The summed E-state index contributed by atoms with van der Waals surface area (Å²) < 4.78 is 39.2. The molecule has 6 nitrogen and oxygen atoms in total. The molecule has 2 unspecified atom stereocenters. The normalized spacial score (nSPS) is 31.3. The topological polar surface area (TPSA) is 76.1 Å². The van der Waals surface area contributed by atoms with Gasteiger partial charge in [-0.3, -0.25) is 0 Å². The molecule has 0 radical (unpaired) electrons. The molecule has 2 fully saturated rings. The number of amides is 1. The predicted octanol–water partition coefficient (Wildman–Crippen LogP) is 2.12. The maximum absolute atomic E-state index is 14.5. The molecule has 2 rings (SSSR count). The number of likely N-dealkylation sites (tertiary alicyclic amines) is 1. The van der Waals surface area contributed by atoms with Crippen LogP contribution in [-0.4, -0.2) is 59.4 Å². The van der Waals surface area contributed by atoms with Gasteiger partial charge in [0, 0.05) is 6.54 Å². The number of rotatable bonds is 1. The summed E-state index contributed by atoms with van der Waals surface area (Å²) in [6, 6.07) is 0. The SMILES string of the molecule is CC(C)(C)OC(=O)N1CCC2(COC(C(=O)O)C2)C(F)(F)C1. The fourth-order valence-corrected chi connectivity index (χ4v) is 2.82. The van der Waals surface area contributed by atoms with Gasteiger partial charge < -0.3 is 19.5 Å². The van der Waals surface area contributed by atoms with Crippen molar-refractivity contribution < 1.29 is 33.0 Å². The maximum Gasteiger partial charge on any atom is 0.410 e. The first kappa shape index (κ1) is 16.9. The average molecular weight is 321 g/mol. The van der Waals surface area contributed by atoms with Crippen molar-refractivity contribution in [3.05, 3.63) is 0 Å². The molecule has 1 N–H and O–H groups in total. The number of carboxylic acid groups (broad SMARTS) is 1. The fourth-order valence-electron chi connectivity index (χ4n) is 2.82. The van der Waals surface area contributed by atoms with E-state index in [4.69, 9.17) is 14.6 Å². The Labute approximate surface area is 127 Å². The molecular weight excluding hydrogens is 300 g/mol. The Bertz CT molecular complexity index is 476. The van der Waals surface area contributed by atoms with Crippen LogP contribution >= 0.6 is 0 Å². The van der Waals surface area contributed by atoms with Crippen molar-refractivity contribution in [2.45, 2.75) is 51.2 Å². The quantitative estimate of drug-likeness (QED) is 0.800. The highest BCUT2D eigenvalue weighted by Crippen LogP contribution is 2.51. The van der Waals surface area contributed by atoms with Crippen LogP contribution in [0.2, 0.25) is 0 Å². The van der Waals surface area contributed by atoms with E-state index in [1.165, 1.54) is 0 Å². The smallest absolute Gasteiger partial charge is 0.410 e. The first-order valence-corrected chi connectivity index (χ1v) is 7.16. The third-order valence-electron chi connectivity index (χ3n) is 4.09. The number of aliphatic carboxylic acids is 1. The van der Waals surface area contributed by atoms with Gasteiger partial charge in [0.05, 0.1) is 18.6 Å². The lowest BCUT2D eigenvalue weighted by Crippen LogP contribution is -2.58. The van der Waals surface area contributed by atoms with Crippen LogP contribution in [0, 0.1) is 5.41 Å². The lowest BCUT2D eigenvalue weighted by molar-refractivity contribution is -0.165. The number of alkyl halides is 2. The van der Waals surface area contributed by atoms with Crippen LogP contribution in [0.1, 0.15) is 33.6 Å². The number of carbonyl (C=O) groups excluding carboxylic acids is 1. The lowest BCUT2D eigenvalue weighted by atomic mass is 9.73. The second kappa shape index (κ2) is 5.33. The highest BCUT2D eigenvalue weighted by Gasteiger charge is 2.62. The molecule has 0 aromatic carbocycles. The molecule has 0 bridgehead atoms. The minimum atomic E-state index is -3.22. The van der Waals surface area contributed by atoms with Gasteiger partial charge >= 0.3 is 12.1 Å². The van der Waals surface area contributed by atoms with Gasteiger partial charge in [-0.25, -0.2) is 18.4 Å². The van der Waals surface area contributed by atoms with Gasteiger partial charge in [-0.2, -0.15) is 0 Å². The van der Waals surface area contributed by atoms with Crippen molar-refractivity contribution in [1.82, 2.24) is 4.90 Å². The molecule has 8 heteroatoms. The first-order valence-electron chi connectivity index (χ1n) is 7.16. The number of carboxylic acids is 1. The number of piperidine rings is 1. The molecule has 0 aromatic rings. The Morgan fingerprint density at radius 1 is 1.36 bits per heavy atom. The summed E-state index contributed by atoms with van der Waals surface area (Å²) in [5.41, 5.74) is -2.28. The number of nitrogens with zero attached hydrogens (tertiary/aromatic N) is 1. The molecule has 2 saturated heterocycles. The van der Waals surface area contributed by atoms with Crippen molar-refractivity contribution in [1.29, 1.82) is 0 Å². The van der Waals surface area contributed by atoms with E-state index in [1.54, 1.807) is 20.8 Å². The summed E-state index contributed by atoms with van der Waals surface area (Å²) in [5, 5.41) is 8.91. The van der Waals surface area contributed by atoms with Crippen LogP contribution < -0.4 is 0 Å². The Kier molecular flexibility index (Phi) is 4.10. The Hall–Kier alpha value is -1.44. The van der Waals surface area contributed by atoms with E-state index in [0.717, 1.165) is 4.90 Å². The molecule has 1 amide bonds. The van der Waals surface area contributed by atoms with E-state index in [1.807, 2.05) is 0 Å². The summed E-state index contributed by atoms with van der Waals surface area (Å²) in [6.07, 6.45) is -2.24. The molecule has 2 heterocycles. The second-order valence-electron chi connectivity index (χ2n) is 6.98. The molecule has 1 spiro atoms. The van der Waals surface area contributed by atoms with Crippen molar-refractivity contribution in [2.24, 2.45) is 5.41 Å². The largest absolute Gasteiger partial charge is 0.479 e. The van der Waals surface area contributed by atoms with E-state index in [9.17, 15) is 18.4 Å². The molecule has 126 valence electrons. The van der Waals surface area contributed by atoms with E-state index in [2.05, 4.69) is 0 Å². The number of carbonyl (C=O) groups is 2. The maximum atomic E-state index is 14.5. The predicted molar refractivity (Wildman–Crippen MR) is 71.8 cm³/mol. The molecule has 2 aliphatic heterocycles. The van der Waals surface area contributed by atoms with Gasteiger partial charge in [-0.15, -0.1) is 0 Å². The van der Waals surface area contributed by atoms with Crippen molar-refractivity contribution >= 4 is 12.1 Å². The van der Waals surface area contributed by atoms with Crippen LogP contribution in [0.5, 0.6) is 0 Å². The molecule has 22 heavy (non-hydrogen) atoms. The molecule has 2 aliphatic rings. The summed E-state index contributed by atoms with van der Waals surface area (Å²) >= 11 is 0. The summed E-state index contributed by atoms with van der Waals surface area (Å²) in [5.74, 6) is -4.45. The standard InChI is InChI=1S/C14H21F2NO5/c1-12(2,3)22-11(20)17-5-4-13(14(15,16)7-17)6-9(10(18)19)21-8-13/h9H,4-8H2,1-3H3,(H,18,19). The minimum Gasteiger partial charge on any atom is -0.479 e. The highest BCUT2D eigenvalue weighted by atomic mass is 19.3. The summed E-state index contributed by atoms with van der Waals surface area (Å²) in [6.45, 7) is 4.00. The number of hydrogen-bond donors (Lipinski definition) is 1. The van der Waals surface area contributed by atoms with Crippen molar-refractivity contribution in [3.8, 4) is 0 Å². The molecular formula is C14H21F2NO5. The Balaban J connectivity index is 2.07. The van der Waals surface area contributed by atoms with Gasteiger partial charge in [-0.05, 0) is 33.6 Å². The first-order chi connectivity index (χ1) is 9.96. The minimum absolute atomic E-state index is 0.0109. The van der Waals surface area contributed by atoms with E-state index >= 15 is 0 Å². The zero-order valence-corrected chi connectivity index (χ0v) is 12.9. The van der Waals surface area contributed by atoms with Gasteiger partial charge in [-0.1, -0.05) is 0 Å². The zero-order valence-electron chi connectivity index (χ0n) is 12.9. The van der Waals surface area contributed by atoms with Crippen molar-refractivity contribution in [3.63, 3.8) is 0 Å². The fraction of sp³-hybridized carbons (Fsp3) is 0.857. The van der Waals surface area contributed by atoms with Crippen LogP contribution in [0.15, 0.2) is 0 Å². The molecule has 0 aliphatic carbocycles. The number of halogens is 2. The summed E-state index contributed by atoms with van der Waals surface area (Å²) in [7, 11) is 0. The average Bonchev–Trinajstić information content (AvgIpc) is 2.77.